The van der Waals surface area contributed by atoms with Crippen LogP contribution in [-0.4, -0.2) is 25.8 Å². The Labute approximate surface area is 88.4 Å². The Morgan fingerprint density at radius 2 is 1.00 bits per heavy atom. The van der Waals surface area contributed by atoms with Gasteiger partial charge in [-0.1, -0.05) is 7.43 Å². The molecule has 0 nitrogen and oxygen atoms in total. The zero-order chi connectivity index (χ0) is 0. The van der Waals surface area contributed by atoms with Gasteiger partial charge in [-0.15, -0.1) is 0 Å². The molecule has 0 aliphatic rings. The summed E-state index contributed by atoms with van der Waals surface area (Å²) in [6.45, 7) is 0. The molecule has 0 fully saturated rings. The van der Waals surface area contributed by atoms with E-state index < -0.39 is 0 Å². The van der Waals surface area contributed by atoms with Crippen molar-refractivity contribution in [3.63, 3.8) is 0 Å². The van der Waals surface area contributed by atoms with E-state index in [1.54, 1.807) is 0 Å². The first-order valence-corrected chi connectivity index (χ1v) is 0. The van der Waals surface area contributed by atoms with E-state index in [1.807, 2.05) is 0 Å². The van der Waals surface area contributed by atoms with Crippen molar-refractivity contribution in [3.05, 3.63) is 0 Å². The van der Waals surface area contributed by atoms with Gasteiger partial charge in [0.1, 0.15) is 0 Å². The Hall–Kier alpha value is 2.36. The molecule has 0 rings (SSSR count). The van der Waals surface area contributed by atoms with Crippen LogP contribution < -0.4 is 0 Å². The van der Waals surface area contributed by atoms with E-state index in [0.717, 1.165) is 0 Å². The van der Waals surface area contributed by atoms with Gasteiger partial charge in [0.15, 0.2) is 17.4 Å². The molecule has 37 valence electrons. The minimum atomic E-state index is 0. The fraction of sp³-hybridized carbons (Fsp3) is 1.00. The van der Waals surface area contributed by atoms with Gasteiger partial charge in [-0.25, -0.2) is 0 Å². The van der Waals surface area contributed by atoms with Crippen molar-refractivity contribution in [2.24, 2.45) is 0 Å². The molecule has 1 radical (unpaired) electrons. The normalized spacial score (nSPS) is 0. The van der Waals surface area contributed by atoms with Crippen molar-refractivity contribution in [1.29, 1.82) is 0 Å². The van der Waals surface area contributed by atoms with E-state index in [0.29, 0.717) is 0 Å². The van der Waals surface area contributed by atoms with E-state index in [1.165, 1.54) is 0 Å². The van der Waals surface area contributed by atoms with Gasteiger partial charge in [0, 0.05) is 56.1 Å². The van der Waals surface area contributed by atoms with E-state index in [9.17, 15) is 0 Å². The van der Waals surface area contributed by atoms with Crippen LogP contribution in [0.5, 0.6) is 0 Å². The summed E-state index contributed by atoms with van der Waals surface area (Å²) in [5.74, 6) is 0. The Balaban J connectivity index is 0. The minimum absolute atomic E-state index is 0. The van der Waals surface area contributed by atoms with E-state index in [-0.39, 0.29) is 89.3 Å². The fourth-order valence-electron chi connectivity index (χ4n) is 0. The van der Waals surface area contributed by atoms with Gasteiger partial charge in [0.2, 0.25) is 0 Å². The van der Waals surface area contributed by atoms with Crippen molar-refractivity contribution in [2.75, 3.05) is 0 Å². The van der Waals surface area contributed by atoms with Gasteiger partial charge in [0.05, 0.1) is 8.41 Å². The maximum atomic E-state index is 0. The van der Waals surface area contributed by atoms with Crippen molar-refractivity contribution in [1.82, 2.24) is 0 Å². The Bertz CT molecular complexity index is 15.5. The largest absolute Gasteiger partial charge is 0.187 e. The predicted octanol–water partition coefficient (Wildman–Crippen LogP) is -1.74. The SMILES string of the molecule is B.C.[AlH3].[Cr].[Mn].[Ti]. The average molecular weight is 215 g/mol. The average Bonchev–Trinajstić information content (AvgIpc) is 0. The second-order valence-electron chi connectivity index (χ2n) is 0. The van der Waals surface area contributed by atoms with Crippen LogP contribution in [0.1, 0.15) is 7.43 Å². The van der Waals surface area contributed by atoms with Crippen molar-refractivity contribution < 1.29 is 56.1 Å². The minimum Gasteiger partial charge on any atom is -0.0776 e. The van der Waals surface area contributed by atoms with Gasteiger partial charge >= 0.3 is 0 Å². The van der Waals surface area contributed by atoms with E-state index in [2.05, 4.69) is 0 Å². The van der Waals surface area contributed by atoms with Crippen LogP contribution in [0.2, 0.25) is 0 Å². The molecule has 5 heteroatoms. The molecular formula is CH10AlBCrMnTi. The standard InChI is InChI=1S/CH4.Al.BH3.Cr.Mn.Ti.3H/h1H4;;1H3;;;;;;. The van der Waals surface area contributed by atoms with Gasteiger partial charge in [-0.3, -0.25) is 0 Å². The number of hydrogen-bond acceptors (Lipinski definition) is 0. The molecule has 6 heavy (non-hydrogen) atoms. The third-order valence-electron chi connectivity index (χ3n) is 0. The van der Waals surface area contributed by atoms with Crippen LogP contribution in [-0.2, 0) is 56.1 Å². The van der Waals surface area contributed by atoms with E-state index >= 15 is 0 Å². The molecule has 0 heterocycles. The fourth-order valence-corrected chi connectivity index (χ4v) is 0. The quantitative estimate of drug-likeness (QED) is 0.420. The molecule has 0 saturated carbocycles. The maximum absolute atomic E-state index is 0. The van der Waals surface area contributed by atoms with Gasteiger partial charge in [-0.2, -0.15) is 0 Å². The molecule has 0 aromatic rings. The van der Waals surface area contributed by atoms with Crippen LogP contribution in [0.25, 0.3) is 0 Å². The third-order valence-corrected chi connectivity index (χ3v) is 0. The van der Waals surface area contributed by atoms with Gasteiger partial charge in [-0.05, 0) is 0 Å². The summed E-state index contributed by atoms with van der Waals surface area (Å²) in [6, 6.07) is 0. The van der Waals surface area contributed by atoms with Crippen LogP contribution in [0.15, 0.2) is 0 Å². The number of hydrogen-bond donors (Lipinski definition) is 0. The molecule has 0 atom stereocenters. The summed E-state index contributed by atoms with van der Waals surface area (Å²) >= 11 is 0. The summed E-state index contributed by atoms with van der Waals surface area (Å²) in [4.78, 5) is 0. The molecular weight excluding hydrogens is 205 g/mol. The molecule has 0 bridgehead atoms. The summed E-state index contributed by atoms with van der Waals surface area (Å²) in [7, 11) is 0. The Kier molecular flexibility index (Phi) is 722. The summed E-state index contributed by atoms with van der Waals surface area (Å²) in [5, 5.41) is 0. The summed E-state index contributed by atoms with van der Waals surface area (Å²) < 4.78 is 0. The molecule has 0 aromatic carbocycles. The molecule has 0 unspecified atom stereocenters. The van der Waals surface area contributed by atoms with Gasteiger partial charge in [0.25, 0.3) is 0 Å². The smallest absolute Gasteiger partial charge is 0.0776 e. The second kappa shape index (κ2) is 53.4. The Morgan fingerprint density at radius 3 is 1.00 bits per heavy atom. The van der Waals surface area contributed by atoms with Crippen LogP contribution >= 0.6 is 0 Å². The molecule has 0 saturated heterocycles. The van der Waals surface area contributed by atoms with Crippen LogP contribution in [0.4, 0.5) is 0 Å². The first kappa shape index (κ1) is 81.2. The summed E-state index contributed by atoms with van der Waals surface area (Å²) in [5.41, 5.74) is 0. The number of rotatable bonds is 0. The summed E-state index contributed by atoms with van der Waals surface area (Å²) in [6.07, 6.45) is 0. The molecule has 0 aliphatic carbocycles. The zero-order valence-electron chi connectivity index (χ0n) is 1.29. The molecule has 0 spiro atoms. The van der Waals surface area contributed by atoms with Crippen LogP contribution in [0.3, 0.4) is 0 Å². The second-order valence-corrected chi connectivity index (χ2v) is 0. The maximum Gasteiger partial charge on any atom is 0.187 e. The molecule has 0 aliphatic heterocycles. The van der Waals surface area contributed by atoms with Gasteiger partial charge < -0.3 is 0 Å². The van der Waals surface area contributed by atoms with Crippen molar-refractivity contribution in [3.8, 4) is 0 Å². The van der Waals surface area contributed by atoms with Crippen molar-refractivity contribution >= 4 is 25.8 Å². The monoisotopic (exact) mass is 215 g/mol. The molecule has 0 N–H and O–H groups in total. The van der Waals surface area contributed by atoms with Crippen molar-refractivity contribution in [2.45, 2.75) is 7.43 Å². The molecule has 0 aromatic heterocycles. The molecule has 0 amide bonds. The Morgan fingerprint density at radius 1 is 1.00 bits per heavy atom. The first-order chi connectivity index (χ1) is 0. The van der Waals surface area contributed by atoms with Crippen LogP contribution in [0, 0.1) is 0 Å². The van der Waals surface area contributed by atoms with E-state index in [4.69, 9.17) is 0 Å². The topological polar surface area (TPSA) is 0 Å². The predicted molar refractivity (Wildman–Crippen MR) is 26.6 cm³/mol. The zero-order valence-corrected chi connectivity index (χ0v) is 5.30. The first-order valence-electron chi connectivity index (χ1n) is 0. The third kappa shape index (κ3) is 32.8.